The molecule has 4 rings (SSSR count). The Morgan fingerprint density at radius 2 is 1.82 bits per heavy atom. The molecule has 208 valence electrons. The van der Waals surface area contributed by atoms with Gasteiger partial charge in [-0.2, -0.15) is 0 Å². The molecule has 1 saturated heterocycles. The topological polar surface area (TPSA) is 78.9 Å². The van der Waals surface area contributed by atoms with Crippen molar-refractivity contribution in [3.63, 3.8) is 0 Å². The molecule has 0 aromatic heterocycles. The summed E-state index contributed by atoms with van der Waals surface area (Å²) in [5, 5.41) is 14.5. The maximum Gasteiger partial charge on any atom is 0.220 e. The molecule has 1 aliphatic carbocycles. The number of aliphatic hydroxyl groups is 1. The number of ether oxygens (including phenoxy) is 1. The molecule has 1 saturated carbocycles. The second kappa shape index (κ2) is 14.8. The van der Waals surface area contributed by atoms with E-state index in [9.17, 15) is 18.5 Å². The van der Waals surface area contributed by atoms with Gasteiger partial charge in [0.1, 0.15) is 24.6 Å². The summed E-state index contributed by atoms with van der Waals surface area (Å²) >= 11 is 0. The molecular weight excluding hydrogens is 503 g/mol. The van der Waals surface area contributed by atoms with Gasteiger partial charge in [0.2, 0.25) is 5.91 Å². The van der Waals surface area contributed by atoms with Gasteiger partial charge in [-0.15, -0.1) is 0 Å². The minimum atomic E-state index is -0.947. The van der Waals surface area contributed by atoms with Crippen LogP contribution in [0.15, 0.2) is 54.6 Å². The van der Waals surface area contributed by atoms with Crippen LogP contribution in [0.3, 0.4) is 0 Å². The lowest BCUT2D eigenvalue weighted by Crippen LogP contribution is -2.47. The van der Waals surface area contributed by atoms with Crippen LogP contribution in [0.4, 0.5) is 4.39 Å². The number of nitrogens with zero attached hydrogens (tertiary/aromatic N) is 1. The van der Waals surface area contributed by atoms with Gasteiger partial charge in [0.15, 0.2) is 0 Å². The molecule has 1 aliphatic heterocycles. The van der Waals surface area contributed by atoms with Gasteiger partial charge in [0.05, 0.1) is 6.04 Å². The molecule has 2 fully saturated rings. The van der Waals surface area contributed by atoms with E-state index >= 15 is 0 Å². The van der Waals surface area contributed by atoms with Gasteiger partial charge < -0.3 is 15.2 Å². The van der Waals surface area contributed by atoms with Crippen LogP contribution in [-0.2, 0) is 22.2 Å². The van der Waals surface area contributed by atoms with Crippen molar-refractivity contribution >= 4 is 16.7 Å². The third-order valence-corrected chi connectivity index (χ3v) is 9.45. The van der Waals surface area contributed by atoms with E-state index in [2.05, 4.69) is 5.32 Å². The van der Waals surface area contributed by atoms with Crippen LogP contribution in [0.25, 0.3) is 0 Å². The Hall–Kier alpha value is -2.29. The molecule has 2 unspecified atom stereocenters. The molecule has 2 N–H and O–H groups in total. The minimum Gasteiger partial charge on any atom is -0.489 e. The molecule has 0 bridgehead atoms. The van der Waals surface area contributed by atoms with Gasteiger partial charge in [-0.1, -0.05) is 61.7 Å². The predicted molar refractivity (Wildman–Crippen MR) is 149 cm³/mol. The molecule has 38 heavy (non-hydrogen) atoms. The first-order valence-electron chi connectivity index (χ1n) is 14.0. The zero-order chi connectivity index (χ0) is 26.7. The van der Waals surface area contributed by atoms with Crippen molar-refractivity contribution in [1.29, 1.82) is 0 Å². The first-order valence-corrected chi connectivity index (χ1v) is 15.3. The Morgan fingerprint density at radius 3 is 2.50 bits per heavy atom. The van der Waals surface area contributed by atoms with Gasteiger partial charge in [-0.25, -0.2) is 4.39 Å². The lowest BCUT2D eigenvalue weighted by Gasteiger charge is -2.29. The van der Waals surface area contributed by atoms with E-state index in [1.807, 2.05) is 47.4 Å². The van der Waals surface area contributed by atoms with E-state index in [4.69, 9.17) is 4.74 Å². The van der Waals surface area contributed by atoms with Crippen molar-refractivity contribution < 1.29 is 23.2 Å². The smallest absolute Gasteiger partial charge is 0.220 e. The van der Waals surface area contributed by atoms with E-state index in [0.717, 1.165) is 31.2 Å². The number of carbonyl (C=O) groups is 1. The van der Waals surface area contributed by atoms with E-state index in [0.29, 0.717) is 56.1 Å². The average molecular weight is 545 g/mol. The van der Waals surface area contributed by atoms with E-state index in [1.165, 1.54) is 6.42 Å². The Morgan fingerprint density at radius 1 is 1.08 bits per heavy atom. The lowest BCUT2D eigenvalue weighted by atomic mass is 10.0. The molecule has 0 spiro atoms. The summed E-state index contributed by atoms with van der Waals surface area (Å²) < 4.78 is 32.3. The van der Waals surface area contributed by atoms with Crippen molar-refractivity contribution in [3.05, 3.63) is 65.7 Å². The van der Waals surface area contributed by atoms with E-state index in [1.54, 1.807) is 12.1 Å². The molecule has 8 heteroatoms. The quantitative estimate of drug-likeness (QED) is 0.383. The number of rotatable bonds is 13. The normalized spacial score (nSPS) is 21.1. The molecule has 0 radical (unpaired) electrons. The molecule has 2 aliphatic rings. The maximum atomic E-state index is 13.8. The Labute approximate surface area is 228 Å². The zero-order valence-corrected chi connectivity index (χ0v) is 22.9. The Balaban J connectivity index is 1.31. The highest BCUT2D eigenvalue weighted by Crippen LogP contribution is 2.24. The molecule has 4 atom stereocenters. The van der Waals surface area contributed by atoms with E-state index < -0.39 is 29.1 Å². The van der Waals surface area contributed by atoms with Crippen LogP contribution in [0.5, 0.6) is 5.75 Å². The number of halogens is 1. The van der Waals surface area contributed by atoms with Gasteiger partial charge in [0.25, 0.3) is 0 Å². The zero-order valence-electron chi connectivity index (χ0n) is 22.1. The van der Waals surface area contributed by atoms with Crippen molar-refractivity contribution in [3.8, 4) is 5.75 Å². The van der Waals surface area contributed by atoms with Crippen LogP contribution < -0.4 is 10.1 Å². The maximum absolute atomic E-state index is 13.8. The van der Waals surface area contributed by atoms with Gasteiger partial charge >= 0.3 is 0 Å². The number of benzene rings is 2. The third-order valence-electron chi connectivity index (χ3n) is 7.54. The number of alkyl halides is 1. The molecular formula is C30H41FN2O4S. The van der Waals surface area contributed by atoms with Gasteiger partial charge in [0, 0.05) is 47.9 Å². The number of likely N-dealkylation sites (tertiary alicyclic amines) is 1. The number of hydrogen-bond donors (Lipinski definition) is 2. The van der Waals surface area contributed by atoms with E-state index in [-0.39, 0.29) is 17.6 Å². The molecule has 6 nitrogen and oxygen atoms in total. The van der Waals surface area contributed by atoms with Crippen LogP contribution in [0, 0.1) is 0 Å². The van der Waals surface area contributed by atoms with Crippen molar-refractivity contribution in [2.45, 2.75) is 81.5 Å². The molecule has 2 aromatic carbocycles. The summed E-state index contributed by atoms with van der Waals surface area (Å²) in [7, 11) is -0.889. The second-order valence-electron chi connectivity index (χ2n) is 10.6. The fraction of sp³-hybridized carbons (Fsp3) is 0.567. The highest BCUT2D eigenvalue weighted by atomic mass is 32.2. The highest BCUT2D eigenvalue weighted by Gasteiger charge is 2.29. The average Bonchev–Trinajstić information content (AvgIpc) is 3.36. The summed E-state index contributed by atoms with van der Waals surface area (Å²) in [6, 6.07) is 16.6. The molecule has 2 aromatic rings. The first kappa shape index (κ1) is 28.7. The standard InChI is InChI=1S/C30H41FN2O4S/c31-25-17-18-33(20-25)21-28(32-29(34)12-7-19-38(36)27-10-5-2-6-11-27)30(35)24-13-15-26(16-14-24)37-22-23-8-3-1-4-9-23/h1,3-4,8-9,13-16,25,27-28,30,35H,2,5-7,10-12,17-22H2,(H,32,34)/t25-,28-,30?,38?/m1/s1. The number of carbonyl (C=O) groups excluding carboxylic acids is 1. The largest absolute Gasteiger partial charge is 0.489 e. The number of amides is 1. The minimum absolute atomic E-state index is 0.173. The van der Waals surface area contributed by atoms with Crippen LogP contribution in [-0.4, -0.2) is 63.0 Å². The van der Waals surface area contributed by atoms with Crippen molar-refractivity contribution in [1.82, 2.24) is 10.2 Å². The van der Waals surface area contributed by atoms with Crippen LogP contribution >= 0.6 is 0 Å². The summed E-state index contributed by atoms with van der Waals surface area (Å²) in [6.45, 7) is 1.73. The molecule has 1 heterocycles. The number of aliphatic hydroxyl groups excluding tert-OH is 1. The summed E-state index contributed by atoms with van der Waals surface area (Å²) in [5.74, 6) is 1.05. The number of hydrogen-bond acceptors (Lipinski definition) is 5. The monoisotopic (exact) mass is 544 g/mol. The van der Waals surface area contributed by atoms with Crippen molar-refractivity contribution in [2.75, 3.05) is 25.4 Å². The lowest BCUT2D eigenvalue weighted by molar-refractivity contribution is -0.122. The summed E-state index contributed by atoms with van der Waals surface area (Å²) in [5.41, 5.74) is 1.73. The van der Waals surface area contributed by atoms with Gasteiger partial charge in [-0.3, -0.25) is 13.9 Å². The van der Waals surface area contributed by atoms with Crippen LogP contribution in [0.2, 0.25) is 0 Å². The summed E-state index contributed by atoms with van der Waals surface area (Å²) in [6.07, 6.45) is 5.03. The SMILES string of the molecule is O=C(CCCS(=O)C1CCCCC1)N[C@H](CN1CC[C@@H](F)C1)C(O)c1ccc(OCc2ccccc2)cc1. The third kappa shape index (κ3) is 8.89. The second-order valence-corrected chi connectivity index (χ2v) is 12.4. The molecule has 1 amide bonds. The fourth-order valence-corrected chi connectivity index (χ4v) is 6.96. The first-order chi connectivity index (χ1) is 18.5. The summed E-state index contributed by atoms with van der Waals surface area (Å²) in [4.78, 5) is 14.8. The predicted octanol–water partition coefficient (Wildman–Crippen LogP) is 4.69. The highest BCUT2D eigenvalue weighted by molar-refractivity contribution is 7.85. The number of nitrogens with one attached hydrogen (secondary N) is 1. The fourth-order valence-electron chi connectivity index (χ4n) is 5.34. The van der Waals surface area contributed by atoms with Crippen molar-refractivity contribution in [2.24, 2.45) is 0 Å². The van der Waals surface area contributed by atoms with Gasteiger partial charge in [-0.05, 0) is 48.9 Å². The van der Waals surface area contributed by atoms with Crippen LogP contribution in [0.1, 0.15) is 68.6 Å². The Kier molecular flexibility index (Phi) is 11.1. The Bertz CT molecular complexity index is 1020.